The lowest BCUT2D eigenvalue weighted by Gasteiger charge is -2.17. The van der Waals surface area contributed by atoms with Crippen LogP contribution in [0.1, 0.15) is 0 Å². The fourth-order valence-electron chi connectivity index (χ4n) is 8.12. The van der Waals surface area contributed by atoms with Crippen molar-refractivity contribution in [2.45, 2.75) is 0 Å². The van der Waals surface area contributed by atoms with Crippen LogP contribution in [0.2, 0.25) is 0 Å². The zero-order chi connectivity index (χ0) is 35.8. The van der Waals surface area contributed by atoms with Gasteiger partial charge in [-0.1, -0.05) is 182 Å². The summed E-state index contributed by atoms with van der Waals surface area (Å²) in [6.45, 7) is 0. The second kappa shape index (κ2) is 13.4. The van der Waals surface area contributed by atoms with Crippen LogP contribution in [0.3, 0.4) is 0 Å². The minimum atomic E-state index is 1.11. The molecule has 0 saturated carbocycles. The van der Waals surface area contributed by atoms with Crippen molar-refractivity contribution < 1.29 is 0 Å². The molecule has 2 nitrogen and oxygen atoms in total. The molecule has 0 spiro atoms. The van der Waals surface area contributed by atoms with Crippen molar-refractivity contribution in [1.82, 2.24) is 9.13 Å². The third-order valence-corrected chi connectivity index (χ3v) is 10.6. The Kier molecular flexibility index (Phi) is 7.85. The number of fused-ring (bicyclic) bond motifs is 2. The lowest BCUT2D eigenvalue weighted by atomic mass is 9.93. The molecule has 8 aromatic carbocycles. The number of hydrogen-bond acceptors (Lipinski definition) is 0. The van der Waals surface area contributed by atoms with Gasteiger partial charge in [0.15, 0.2) is 0 Å². The van der Waals surface area contributed by atoms with Gasteiger partial charge in [0.25, 0.3) is 0 Å². The van der Waals surface area contributed by atoms with Crippen molar-refractivity contribution in [3.05, 3.63) is 218 Å². The van der Waals surface area contributed by atoms with Gasteiger partial charge in [0.05, 0.1) is 22.4 Å². The lowest BCUT2D eigenvalue weighted by Crippen LogP contribution is -2.01. The Balaban J connectivity index is 1.34. The van der Waals surface area contributed by atoms with Crippen LogP contribution in [0, 0.1) is 0 Å². The van der Waals surface area contributed by atoms with Gasteiger partial charge < -0.3 is 9.13 Å². The van der Waals surface area contributed by atoms with Gasteiger partial charge in [-0.15, -0.1) is 0 Å². The topological polar surface area (TPSA) is 9.86 Å². The number of aromatic nitrogens is 2. The van der Waals surface area contributed by atoms with Gasteiger partial charge in [0.2, 0.25) is 0 Å². The second-order valence-corrected chi connectivity index (χ2v) is 13.7. The molecule has 2 heterocycles. The molecule has 0 unspecified atom stereocenters. The quantitative estimate of drug-likeness (QED) is 0.158. The Labute approximate surface area is 315 Å². The fraction of sp³-hybridized carbons (Fsp3) is 0. The molecule has 0 N–H and O–H groups in total. The molecular weight excluding hydrogens is 653 g/mol. The monoisotopic (exact) mass is 688 g/mol. The Morgan fingerprint density at radius 1 is 0.222 bits per heavy atom. The third kappa shape index (κ3) is 5.36. The maximum absolute atomic E-state index is 2.49. The lowest BCUT2D eigenvalue weighted by molar-refractivity contribution is 1.12. The van der Waals surface area contributed by atoms with Gasteiger partial charge in [0.1, 0.15) is 0 Å². The highest BCUT2D eigenvalue weighted by atomic mass is 15.0. The fourth-order valence-corrected chi connectivity index (χ4v) is 8.12. The molecule has 0 aliphatic rings. The van der Waals surface area contributed by atoms with Gasteiger partial charge in [0, 0.05) is 33.3 Å². The highest BCUT2D eigenvalue weighted by Gasteiger charge is 2.29. The highest BCUT2D eigenvalue weighted by molar-refractivity contribution is 6.14. The maximum atomic E-state index is 2.49. The van der Waals surface area contributed by atoms with E-state index in [4.69, 9.17) is 0 Å². The van der Waals surface area contributed by atoms with Crippen LogP contribution in [-0.4, -0.2) is 9.13 Å². The van der Waals surface area contributed by atoms with E-state index in [1.165, 1.54) is 60.9 Å². The summed E-state index contributed by atoms with van der Waals surface area (Å²) < 4.78 is 4.94. The SMILES string of the molecule is c1ccc(-c2ccc(-c3c(-c4c(-c5ccccc5)n(-c5ccccc5)c5ccccc45)n(-c4ccc(-c5ccccc5)cc4)c4ccccc34)cc2)cc1. The summed E-state index contributed by atoms with van der Waals surface area (Å²) in [6.07, 6.45) is 0. The first kappa shape index (κ1) is 31.6. The minimum absolute atomic E-state index is 1.11. The highest BCUT2D eigenvalue weighted by Crippen LogP contribution is 2.50. The van der Waals surface area contributed by atoms with E-state index < -0.39 is 0 Å². The molecule has 0 aliphatic heterocycles. The zero-order valence-electron chi connectivity index (χ0n) is 29.7. The molecule has 0 aliphatic carbocycles. The largest absolute Gasteiger partial charge is 0.309 e. The molecule has 10 rings (SSSR count). The molecule has 0 amide bonds. The summed E-state index contributed by atoms with van der Waals surface area (Å²) in [5.74, 6) is 0. The number of hydrogen-bond donors (Lipinski definition) is 0. The third-order valence-electron chi connectivity index (χ3n) is 10.6. The van der Waals surface area contributed by atoms with Crippen LogP contribution in [0.15, 0.2) is 218 Å². The standard InChI is InChI=1S/C52H36N2/c1-5-17-37(18-6-1)39-29-31-41(32-30-39)49-45-25-13-15-27-47(45)54(44-35-33-40(34-36-44)38-19-7-2-8-20-38)52(49)50-46-26-14-16-28-48(46)53(43-23-11-4-12-24-43)51(50)42-21-9-3-10-22-42/h1-36H. The summed E-state index contributed by atoms with van der Waals surface area (Å²) in [5, 5.41) is 2.41. The summed E-state index contributed by atoms with van der Waals surface area (Å²) >= 11 is 0. The molecule has 254 valence electrons. The average Bonchev–Trinajstić information content (AvgIpc) is 3.78. The van der Waals surface area contributed by atoms with Crippen LogP contribution in [0.25, 0.3) is 89.1 Å². The molecule has 2 aromatic heterocycles. The smallest absolute Gasteiger partial charge is 0.0647 e. The van der Waals surface area contributed by atoms with Crippen LogP contribution in [0.4, 0.5) is 0 Å². The van der Waals surface area contributed by atoms with Crippen molar-refractivity contribution in [3.8, 4) is 67.3 Å². The average molecular weight is 689 g/mol. The summed E-state index contributed by atoms with van der Waals surface area (Å²) in [4.78, 5) is 0. The van der Waals surface area contributed by atoms with E-state index in [1.54, 1.807) is 0 Å². The van der Waals surface area contributed by atoms with E-state index in [0.717, 1.165) is 28.1 Å². The zero-order valence-corrected chi connectivity index (χ0v) is 29.7. The molecule has 10 aromatic rings. The molecule has 0 radical (unpaired) electrons. The van der Waals surface area contributed by atoms with Crippen molar-refractivity contribution >= 4 is 21.8 Å². The van der Waals surface area contributed by atoms with Crippen LogP contribution in [-0.2, 0) is 0 Å². The minimum Gasteiger partial charge on any atom is -0.309 e. The first-order valence-electron chi connectivity index (χ1n) is 18.5. The molecule has 0 fully saturated rings. The van der Waals surface area contributed by atoms with Gasteiger partial charge in [-0.3, -0.25) is 0 Å². The van der Waals surface area contributed by atoms with E-state index in [-0.39, 0.29) is 0 Å². The molecule has 54 heavy (non-hydrogen) atoms. The first-order valence-corrected chi connectivity index (χ1v) is 18.5. The molecule has 0 atom stereocenters. The Morgan fingerprint density at radius 3 is 1.11 bits per heavy atom. The van der Waals surface area contributed by atoms with E-state index in [9.17, 15) is 0 Å². The number of rotatable bonds is 7. The molecule has 0 bridgehead atoms. The second-order valence-electron chi connectivity index (χ2n) is 13.7. The summed E-state index contributed by atoms with van der Waals surface area (Å²) in [7, 11) is 0. The van der Waals surface area contributed by atoms with Crippen molar-refractivity contribution in [2.24, 2.45) is 0 Å². The predicted octanol–water partition coefficient (Wildman–Crippen LogP) is 13.9. The van der Waals surface area contributed by atoms with Crippen molar-refractivity contribution in [1.29, 1.82) is 0 Å². The molecule has 0 saturated heterocycles. The van der Waals surface area contributed by atoms with Gasteiger partial charge in [-0.25, -0.2) is 0 Å². The van der Waals surface area contributed by atoms with E-state index in [2.05, 4.69) is 228 Å². The Hall–Kier alpha value is -7.16. The van der Waals surface area contributed by atoms with E-state index in [0.29, 0.717) is 0 Å². The van der Waals surface area contributed by atoms with Crippen molar-refractivity contribution in [3.63, 3.8) is 0 Å². The van der Waals surface area contributed by atoms with E-state index in [1.807, 2.05) is 0 Å². The molecule has 2 heteroatoms. The van der Waals surface area contributed by atoms with E-state index >= 15 is 0 Å². The Morgan fingerprint density at radius 2 is 0.574 bits per heavy atom. The van der Waals surface area contributed by atoms with Crippen LogP contribution in [0.5, 0.6) is 0 Å². The number of benzene rings is 8. The number of nitrogens with zero attached hydrogens (tertiary/aromatic N) is 2. The maximum Gasteiger partial charge on any atom is 0.0647 e. The Bertz CT molecular complexity index is 2750. The van der Waals surface area contributed by atoms with Crippen molar-refractivity contribution in [2.75, 3.05) is 0 Å². The van der Waals surface area contributed by atoms with Gasteiger partial charge in [-0.2, -0.15) is 0 Å². The normalized spacial score (nSPS) is 11.3. The predicted molar refractivity (Wildman–Crippen MR) is 227 cm³/mol. The summed E-state index contributed by atoms with van der Waals surface area (Å²) in [5.41, 5.74) is 16.5. The van der Waals surface area contributed by atoms with Crippen LogP contribution >= 0.6 is 0 Å². The van der Waals surface area contributed by atoms with Gasteiger partial charge in [-0.05, 0) is 69.8 Å². The first-order chi connectivity index (χ1) is 26.8. The molecular formula is C52H36N2. The summed E-state index contributed by atoms with van der Waals surface area (Å²) in [6, 6.07) is 78.8. The van der Waals surface area contributed by atoms with Crippen LogP contribution < -0.4 is 0 Å². The number of para-hydroxylation sites is 3. The van der Waals surface area contributed by atoms with Gasteiger partial charge >= 0.3 is 0 Å².